The fraction of sp³-hybridized carbons (Fsp3) is 0.486. The van der Waals surface area contributed by atoms with Gasteiger partial charge in [-0.25, -0.2) is 4.98 Å². The number of aromatic nitrogens is 2. The summed E-state index contributed by atoms with van der Waals surface area (Å²) in [6.07, 6.45) is 3.72. The molecule has 4 rings (SSSR count). The van der Waals surface area contributed by atoms with Crippen LogP contribution in [0.15, 0.2) is 85.3 Å². The average molecular weight is 1550 g/mol. The Kier molecular flexibility index (Phi) is 39.0. The maximum atomic E-state index is 15.2. The molecule has 40 heteroatoms. The number of nitrogens with two attached hydrogens (primary N) is 5. The van der Waals surface area contributed by atoms with Crippen molar-refractivity contribution in [3.63, 3.8) is 0 Å². The molecule has 0 aliphatic carbocycles. The van der Waals surface area contributed by atoms with Gasteiger partial charge in [-0.3, -0.25) is 74.4 Å². The maximum absolute atomic E-state index is 15.2. The smallest absolute Gasteiger partial charge is 0.243 e. The van der Waals surface area contributed by atoms with E-state index in [4.69, 9.17) is 50.3 Å². The van der Waals surface area contributed by atoms with Crippen molar-refractivity contribution >= 4 is 101 Å². The van der Waals surface area contributed by atoms with Crippen LogP contribution in [0.3, 0.4) is 0 Å². The van der Waals surface area contributed by atoms with Gasteiger partial charge in [-0.2, -0.15) is 11.8 Å². The van der Waals surface area contributed by atoms with Gasteiger partial charge in [0.25, 0.3) is 0 Å². The third-order valence-corrected chi connectivity index (χ3v) is 17.9. The third-order valence-electron chi connectivity index (χ3n) is 17.2. The Morgan fingerprint density at radius 1 is 0.418 bits per heavy atom. The van der Waals surface area contributed by atoms with E-state index in [1.54, 1.807) is 20.1 Å². The molecule has 0 radical (unpaired) electrons. The molecule has 0 fully saturated rings. The Labute approximate surface area is 640 Å². The summed E-state index contributed by atoms with van der Waals surface area (Å²) < 4.78 is 0. The Morgan fingerprint density at radius 3 is 0.955 bits per heavy atom. The van der Waals surface area contributed by atoms with Gasteiger partial charge >= 0.3 is 0 Å². The van der Waals surface area contributed by atoms with E-state index in [1.165, 1.54) is 104 Å². The number of primary amides is 1. The van der Waals surface area contributed by atoms with Gasteiger partial charge in [-0.15, -0.1) is 0 Å². The van der Waals surface area contributed by atoms with Crippen LogP contribution in [0.1, 0.15) is 107 Å². The lowest BCUT2D eigenvalue weighted by atomic mass is 9.97. The standard InChI is InChI=1S/C70H107N25O14S/c1-5-38(2)56(57(71)100)95-66(109)54(34-42-18-24-46(99)25-19-42)93-61(104)50(13-9-30-84-70(78)79)89-65(108)55(35-43-36-80-37-85-43)94-64(107)53(33-41-16-22-45(98)23-17-41)91-60(103)49(12-8-29-83-69(76)77)88-63(106)52(32-40-14-20-44(97)21-15-40)92-62(105)51(26-31-110-4)90-59(102)48(11-7-28-82-68(74)75)87-58(101)47(86-39(3)96)10-6-27-81-67(72)73/h14-25,36-38,47-56,97-99H,5-13,26-35H2,1-4H3,(H2,71,100)(H,80,85)(H,86,96)(H,87,101)(H,88,106)(H,89,108)(H,90,102)(H,91,103)(H,92,105)(H,93,104)(H,94,107)(H,95,109)(H4,72,73,81)(H4,74,75,82)(H4,76,77,83)(H4,78,79,84)/t38-,47-,48-,49-,50-,51-,52-,53-,54-,55-,56-/m1/s1. The van der Waals surface area contributed by atoms with Gasteiger partial charge in [0.2, 0.25) is 65.0 Å². The molecule has 110 heavy (non-hydrogen) atoms. The molecule has 0 aliphatic rings. The van der Waals surface area contributed by atoms with Crippen LogP contribution in [0.4, 0.5) is 0 Å². The number of carbonyl (C=O) groups is 11. The van der Waals surface area contributed by atoms with Gasteiger partial charge in [0, 0.05) is 70.7 Å². The number of hydrogen-bond donors (Lipinski definition) is 27. The van der Waals surface area contributed by atoms with Crippen LogP contribution < -0.4 is 103 Å². The van der Waals surface area contributed by atoms with Gasteiger partial charge in [-0.05, 0) is 129 Å². The zero-order chi connectivity index (χ0) is 81.4. The van der Waals surface area contributed by atoms with Crippen LogP contribution in [0.2, 0.25) is 0 Å². The second kappa shape index (κ2) is 47.5. The minimum Gasteiger partial charge on any atom is -0.508 e. The number of nitrogens with one attached hydrogen (secondary N) is 19. The molecule has 0 saturated heterocycles. The van der Waals surface area contributed by atoms with Gasteiger partial charge < -0.3 is 123 Å². The molecule has 11 atom stereocenters. The van der Waals surface area contributed by atoms with E-state index in [9.17, 15) is 48.9 Å². The number of H-pyrrole nitrogens is 1. The van der Waals surface area contributed by atoms with E-state index in [1.807, 2.05) is 0 Å². The first kappa shape index (κ1) is 90.3. The predicted octanol–water partition coefficient (Wildman–Crippen LogP) is -4.00. The molecular weight excluding hydrogens is 1450 g/mol. The number of carbonyl (C=O) groups excluding carboxylic acids is 11. The molecule has 1 aromatic heterocycles. The third kappa shape index (κ3) is 34.2. The zero-order valence-electron chi connectivity index (χ0n) is 61.9. The Hall–Kier alpha value is -12.1. The molecular formula is C70H107N25O14S. The van der Waals surface area contributed by atoms with Gasteiger partial charge in [-0.1, -0.05) is 56.7 Å². The maximum Gasteiger partial charge on any atom is 0.243 e. The summed E-state index contributed by atoms with van der Waals surface area (Å²) >= 11 is 1.31. The SMILES string of the molecule is CC[C@@H](C)[C@@H](NC(=O)[C@@H](Cc1ccc(O)cc1)NC(=O)[C@@H](CCCNC(=N)N)NC(=O)[C@@H](Cc1cnc[nH]1)NC(=O)[C@@H](Cc1ccc(O)cc1)NC(=O)[C@@H](CCCNC(=N)N)NC(=O)[C@@H](Cc1ccc(O)cc1)NC(=O)[C@@H](CCSC)NC(=O)[C@@H](CCCNC(=N)N)NC(=O)[C@@H](CCCNC(=N)N)NC(C)=O)C(N)=O. The highest BCUT2D eigenvalue weighted by Crippen LogP contribution is 2.18. The number of hydrogen-bond acceptors (Lipinski definition) is 20. The molecule has 602 valence electrons. The average Bonchev–Trinajstić information content (AvgIpc) is 1.02. The lowest BCUT2D eigenvalue weighted by Crippen LogP contribution is -2.61. The summed E-state index contributed by atoms with van der Waals surface area (Å²) in [6, 6.07) is 2.45. The molecule has 32 N–H and O–H groups in total. The minimum atomic E-state index is -1.65. The Morgan fingerprint density at radius 2 is 0.691 bits per heavy atom. The van der Waals surface area contributed by atoms with Crippen molar-refractivity contribution in [2.75, 3.05) is 38.2 Å². The van der Waals surface area contributed by atoms with Crippen molar-refractivity contribution in [3.8, 4) is 17.2 Å². The fourth-order valence-electron chi connectivity index (χ4n) is 11.2. The highest BCUT2D eigenvalue weighted by molar-refractivity contribution is 7.98. The number of benzene rings is 3. The number of imidazole rings is 1. The molecule has 1 heterocycles. The van der Waals surface area contributed by atoms with Crippen LogP contribution in [-0.4, -0.2) is 213 Å². The lowest BCUT2D eigenvalue weighted by Gasteiger charge is -2.29. The highest BCUT2D eigenvalue weighted by Gasteiger charge is 2.37. The van der Waals surface area contributed by atoms with Crippen molar-refractivity contribution in [1.29, 1.82) is 21.6 Å². The number of thioether (sulfide) groups is 1. The second-order valence-electron chi connectivity index (χ2n) is 26.1. The van der Waals surface area contributed by atoms with Crippen molar-refractivity contribution < 1.29 is 68.1 Å². The summed E-state index contributed by atoms with van der Waals surface area (Å²) in [5, 5.41) is 98.5. The molecule has 11 amide bonds. The molecule has 3 aromatic carbocycles. The highest BCUT2D eigenvalue weighted by atomic mass is 32.2. The predicted molar refractivity (Wildman–Crippen MR) is 411 cm³/mol. The van der Waals surface area contributed by atoms with E-state index in [0.29, 0.717) is 28.8 Å². The summed E-state index contributed by atoms with van der Waals surface area (Å²) in [5.41, 5.74) is 29.3. The first-order chi connectivity index (χ1) is 52.2. The van der Waals surface area contributed by atoms with Crippen molar-refractivity contribution in [2.45, 2.75) is 171 Å². The summed E-state index contributed by atoms with van der Waals surface area (Å²) in [6.45, 7) is 4.95. The molecule has 0 spiro atoms. The number of phenolic OH excluding ortho intramolecular Hbond substituents is 3. The number of nitrogens with zero attached hydrogens (tertiary/aromatic N) is 1. The summed E-state index contributed by atoms with van der Waals surface area (Å²) in [4.78, 5) is 165. The largest absolute Gasteiger partial charge is 0.508 e. The topological polar surface area (TPSA) is 671 Å². The van der Waals surface area contributed by atoms with E-state index in [-0.39, 0.29) is 145 Å². The molecule has 0 saturated carbocycles. The molecule has 0 aliphatic heterocycles. The number of phenols is 3. The lowest BCUT2D eigenvalue weighted by molar-refractivity contribution is -0.136. The minimum absolute atomic E-state index is 0.0188. The molecule has 39 nitrogen and oxygen atoms in total. The van der Waals surface area contributed by atoms with E-state index >= 15 is 19.2 Å². The summed E-state index contributed by atoms with van der Waals surface area (Å²) in [7, 11) is 0. The molecule has 0 bridgehead atoms. The van der Waals surface area contributed by atoms with Crippen LogP contribution in [0, 0.1) is 27.6 Å². The van der Waals surface area contributed by atoms with E-state index in [2.05, 4.69) is 84.4 Å². The number of guanidine groups is 4. The Bertz CT molecular complexity index is 3730. The van der Waals surface area contributed by atoms with E-state index in [0.717, 1.165) is 0 Å². The second-order valence-corrected chi connectivity index (χ2v) is 27.1. The number of rotatable bonds is 49. The van der Waals surface area contributed by atoms with Gasteiger partial charge in [0.1, 0.15) is 77.7 Å². The monoisotopic (exact) mass is 1550 g/mol. The number of amides is 11. The van der Waals surface area contributed by atoms with E-state index < -0.39 is 143 Å². The zero-order valence-corrected chi connectivity index (χ0v) is 62.8. The fourth-order valence-corrected chi connectivity index (χ4v) is 11.6. The van der Waals surface area contributed by atoms with Crippen LogP contribution in [0.25, 0.3) is 0 Å². The first-order valence-corrected chi connectivity index (χ1v) is 37.1. The van der Waals surface area contributed by atoms with Crippen LogP contribution in [0.5, 0.6) is 17.2 Å². The van der Waals surface area contributed by atoms with Crippen LogP contribution >= 0.6 is 11.8 Å². The summed E-state index contributed by atoms with van der Waals surface area (Å²) in [5.74, 6) is -11.7. The van der Waals surface area contributed by atoms with Crippen LogP contribution in [-0.2, 0) is 78.4 Å². The number of aromatic amines is 1. The van der Waals surface area contributed by atoms with Crippen molar-refractivity contribution in [2.24, 2.45) is 34.6 Å². The van der Waals surface area contributed by atoms with Crippen molar-refractivity contribution in [3.05, 3.63) is 108 Å². The Balaban J connectivity index is 1.77. The normalized spacial score (nSPS) is 13.9. The van der Waals surface area contributed by atoms with Crippen molar-refractivity contribution in [1.82, 2.24) is 84.4 Å². The van der Waals surface area contributed by atoms with Gasteiger partial charge in [0.05, 0.1) is 6.33 Å². The number of aromatic hydroxyl groups is 3. The molecule has 0 unspecified atom stereocenters. The van der Waals surface area contributed by atoms with Gasteiger partial charge in [0.15, 0.2) is 23.8 Å². The quantitative estimate of drug-likeness (QED) is 0.0114. The first-order valence-electron chi connectivity index (χ1n) is 35.7. The molecule has 4 aromatic rings.